The fourth-order valence-electron chi connectivity index (χ4n) is 2.31. The molecule has 0 saturated heterocycles. The minimum Gasteiger partial charge on any atom is -0.478 e. The van der Waals surface area contributed by atoms with Gasteiger partial charge in [0, 0.05) is 18.0 Å². The number of hydrogen-bond donors (Lipinski definition) is 2. The van der Waals surface area contributed by atoms with Gasteiger partial charge in [-0.2, -0.15) is 0 Å². The number of amides is 1. The van der Waals surface area contributed by atoms with E-state index in [1.165, 1.54) is 12.3 Å². The summed E-state index contributed by atoms with van der Waals surface area (Å²) in [6, 6.07) is 17.8. The topological polar surface area (TPSA) is 80.4 Å². The van der Waals surface area contributed by atoms with Gasteiger partial charge in [-0.3, -0.25) is 9.59 Å². The zero-order chi connectivity index (χ0) is 18.4. The summed E-state index contributed by atoms with van der Waals surface area (Å²) in [5, 5.41) is 2.71. The number of aryl methyl sites for hydroxylation is 1. The van der Waals surface area contributed by atoms with Crippen molar-refractivity contribution in [1.29, 1.82) is 0 Å². The van der Waals surface area contributed by atoms with Crippen LogP contribution in [-0.4, -0.2) is 17.5 Å². The van der Waals surface area contributed by atoms with Gasteiger partial charge in [-0.05, 0) is 43.3 Å². The number of pyridine rings is 1. The Balaban J connectivity index is 1.55. The molecule has 0 aliphatic carbocycles. The molecule has 0 fully saturated rings. The molecule has 1 amide bonds. The lowest BCUT2D eigenvalue weighted by molar-refractivity contribution is -0.118. The Labute approximate surface area is 150 Å². The number of aromatic amines is 1. The van der Waals surface area contributed by atoms with Crippen LogP contribution in [-0.2, 0) is 4.79 Å². The number of carbonyl (C=O) groups is 1. The number of para-hydroxylation sites is 1. The van der Waals surface area contributed by atoms with E-state index in [0.717, 1.165) is 5.75 Å². The Morgan fingerprint density at radius 2 is 1.69 bits per heavy atom. The average Bonchev–Trinajstić information content (AvgIpc) is 2.64. The van der Waals surface area contributed by atoms with Crippen molar-refractivity contribution in [2.24, 2.45) is 0 Å². The Morgan fingerprint density at radius 3 is 2.38 bits per heavy atom. The van der Waals surface area contributed by atoms with Gasteiger partial charge in [-0.15, -0.1) is 0 Å². The van der Waals surface area contributed by atoms with Gasteiger partial charge in [0.1, 0.15) is 11.5 Å². The molecule has 0 spiro atoms. The second kappa shape index (κ2) is 8.02. The molecular weight excluding hydrogens is 332 g/mol. The van der Waals surface area contributed by atoms with Crippen LogP contribution in [0.4, 0.5) is 5.69 Å². The van der Waals surface area contributed by atoms with Gasteiger partial charge in [0.15, 0.2) is 12.4 Å². The van der Waals surface area contributed by atoms with Crippen molar-refractivity contribution in [3.05, 3.63) is 82.8 Å². The molecule has 3 aromatic rings. The minimum absolute atomic E-state index is 0.147. The van der Waals surface area contributed by atoms with Crippen molar-refractivity contribution < 1.29 is 14.3 Å². The first-order valence-corrected chi connectivity index (χ1v) is 8.06. The third-order valence-corrected chi connectivity index (χ3v) is 3.56. The summed E-state index contributed by atoms with van der Waals surface area (Å²) < 4.78 is 11.0. The molecule has 0 unspecified atom stereocenters. The summed E-state index contributed by atoms with van der Waals surface area (Å²) in [7, 11) is 0. The Bertz CT molecular complexity index is 934. The number of anilines is 1. The van der Waals surface area contributed by atoms with Crippen molar-refractivity contribution in [3.63, 3.8) is 0 Å². The van der Waals surface area contributed by atoms with Gasteiger partial charge in [0.2, 0.25) is 5.43 Å². The molecule has 1 aromatic heterocycles. The molecule has 6 heteroatoms. The monoisotopic (exact) mass is 350 g/mol. The van der Waals surface area contributed by atoms with Crippen LogP contribution in [0.1, 0.15) is 5.69 Å². The van der Waals surface area contributed by atoms with Crippen LogP contribution in [0.5, 0.6) is 17.2 Å². The van der Waals surface area contributed by atoms with E-state index in [2.05, 4.69) is 10.3 Å². The SMILES string of the molecule is Cc1[nH]ccc(=O)c1OCC(=O)Nc1ccc(Oc2ccccc2)cc1. The number of carbonyl (C=O) groups excluding carboxylic acids is 1. The minimum atomic E-state index is -0.357. The van der Waals surface area contributed by atoms with E-state index in [1.807, 2.05) is 30.3 Å². The summed E-state index contributed by atoms with van der Waals surface area (Å²) in [5.41, 5.74) is 0.918. The van der Waals surface area contributed by atoms with E-state index >= 15 is 0 Å². The van der Waals surface area contributed by atoms with Crippen LogP contribution >= 0.6 is 0 Å². The molecule has 26 heavy (non-hydrogen) atoms. The van der Waals surface area contributed by atoms with E-state index in [4.69, 9.17) is 9.47 Å². The van der Waals surface area contributed by atoms with Crippen LogP contribution in [0, 0.1) is 6.92 Å². The maximum atomic E-state index is 12.0. The number of rotatable bonds is 6. The lowest BCUT2D eigenvalue weighted by Gasteiger charge is -2.10. The van der Waals surface area contributed by atoms with Gasteiger partial charge in [-0.25, -0.2) is 0 Å². The predicted octanol–water partition coefficient (Wildman–Crippen LogP) is 3.49. The maximum Gasteiger partial charge on any atom is 0.262 e. The van der Waals surface area contributed by atoms with Crippen LogP contribution in [0.2, 0.25) is 0 Å². The molecule has 0 saturated carbocycles. The zero-order valence-electron chi connectivity index (χ0n) is 14.2. The highest BCUT2D eigenvalue weighted by atomic mass is 16.5. The second-order valence-electron chi connectivity index (χ2n) is 5.57. The largest absolute Gasteiger partial charge is 0.478 e. The molecule has 1 heterocycles. The van der Waals surface area contributed by atoms with Crippen molar-refractivity contribution in [2.45, 2.75) is 6.92 Å². The highest BCUT2D eigenvalue weighted by molar-refractivity contribution is 5.91. The van der Waals surface area contributed by atoms with Gasteiger partial charge >= 0.3 is 0 Å². The van der Waals surface area contributed by atoms with Gasteiger partial charge < -0.3 is 19.8 Å². The van der Waals surface area contributed by atoms with E-state index < -0.39 is 0 Å². The van der Waals surface area contributed by atoms with Crippen LogP contribution in [0.15, 0.2) is 71.7 Å². The lowest BCUT2D eigenvalue weighted by atomic mass is 10.3. The van der Waals surface area contributed by atoms with E-state index in [-0.39, 0.29) is 23.7 Å². The van der Waals surface area contributed by atoms with Crippen molar-refractivity contribution in [2.75, 3.05) is 11.9 Å². The molecule has 6 nitrogen and oxygen atoms in total. The number of hydrogen-bond acceptors (Lipinski definition) is 4. The van der Waals surface area contributed by atoms with Crippen molar-refractivity contribution in [3.8, 4) is 17.2 Å². The maximum absolute atomic E-state index is 12.0. The highest BCUT2D eigenvalue weighted by Gasteiger charge is 2.08. The Hall–Kier alpha value is -3.54. The summed E-state index contributed by atoms with van der Waals surface area (Å²) >= 11 is 0. The predicted molar refractivity (Wildman–Crippen MR) is 98.9 cm³/mol. The summed E-state index contributed by atoms with van der Waals surface area (Å²) in [6.07, 6.45) is 1.53. The molecule has 0 aliphatic heterocycles. The molecule has 2 aromatic carbocycles. The molecule has 0 aliphatic rings. The lowest BCUT2D eigenvalue weighted by Crippen LogP contribution is -2.22. The number of aromatic nitrogens is 1. The normalized spacial score (nSPS) is 10.2. The van der Waals surface area contributed by atoms with E-state index in [1.54, 1.807) is 31.2 Å². The summed E-state index contributed by atoms with van der Waals surface area (Å²) in [6.45, 7) is 1.45. The van der Waals surface area contributed by atoms with Crippen molar-refractivity contribution in [1.82, 2.24) is 4.98 Å². The molecule has 132 valence electrons. The quantitative estimate of drug-likeness (QED) is 0.713. The molecule has 2 N–H and O–H groups in total. The van der Waals surface area contributed by atoms with Gasteiger partial charge in [-0.1, -0.05) is 18.2 Å². The number of benzene rings is 2. The third kappa shape index (κ3) is 4.51. The summed E-state index contributed by atoms with van der Waals surface area (Å²) in [4.78, 5) is 26.6. The van der Waals surface area contributed by atoms with Crippen LogP contribution in [0.3, 0.4) is 0 Å². The number of H-pyrrole nitrogens is 1. The Morgan fingerprint density at radius 1 is 1.00 bits per heavy atom. The third-order valence-electron chi connectivity index (χ3n) is 3.56. The number of ether oxygens (including phenoxy) is 2. The standard InChI is InChI=1S/C20H18N2O4/c1-14-20(18(23)11-12-21-14)25-13-19(24)22-15-7-9-17(10-8-15)26-16-5-3-2-4-6-16/h2-12H,13H2,1H3,(H,21,23)(H,22,24). The fourth-order valence-corrected chi connectivity index (χ4v) is 2.31. The van der Waals surface area contributed by atoms with Crippen LogP contribution < -0.4 is 20.2 Å². The van der Waals surface area contributed by atoms with Gasteiger partial charge in [0.25, 0.3) is 5.91 Å². The first-order chi connectivity index (χ1) is 12.6. The molecular formula is C20H18N2O4. The van der Waals surface area contributed by atoms with E-state index in [9.17, 15) is 9.59 Å². The summed E-state index contributed by atoms with van der Waals surface area (Å²) in [5.74, 6) is 1.19. The molecule has 0 bridgehead atoms. The second-order valence-corrected chi connectivity index (χ2v) is 5.57. The van der Waals surface area contributed by atoms with Gasteiger partial charge in [0.05, 0.1) is 5.69 Å². The first-order valence-electron chi connectivity index (χ1n) is 8.06. The highest BCUT2D eigenvalue weighted by Crippen LogP contribution is 2.22. The van der Waals surface area contributed by atoms with Crippen LogP contribution in [0.25, 0.3) is 0 Å². The molecule has 0 radical (unpaired) electrons. The fraction of sp³-hybridized carbons (Fsp3) is 0.100. The number of nitrogens with one attached hydrogen (secondary N) is 2. The zero-order valence-corrected chi connectivity index (χ0v) is 14.2. The smallest absolute Gasteiger partial charge is 0.262 e. The molecule has 3 rings (SSSR count). The first kappa shape index (κ1) is 17.3. The molecule has 0 atom stereocenters. The average molecular weight is 350 g/mol. The van der Waals surface area contributed by atoms with E-state index in [0.29, 0.717) is 17.1 Å². The van der Waals surface area contributed by atoms with Crippen molar-refractivity contribution >= 4 is 11.6 Å². The Kier molecular flexibility index (Phi) is 5.34.